The summed E-state index contributed by atoms with van der Waals surface area (Å²) in [7, 11) is -4.72. The predicted octanol–water partition coefficient (Wildman–Crippen LogP) is 10.4. The number of anilines is 2. The molecule has 0 amide bonds. The highest BCUT2D eigenvalue weighted by molar-refractivity contribution is 7.89. The van der Waals surface area contributed by atoms with Crippen molar-refractivity contribution in [3.8, 4) is 33.8 Å². The van der Waals surface area contributed by atoms with Crippen LogP contribution in [0.5, 0.6) is 11.5 Å². The maximum Gasteiger partial charge on any atom is 0.307 e. The van der Waals surface area contributed by atoms with E-state index in [-0.39, 0.29) is 47.6 Å². The van der Waals surface area contributed by atoms with Crippen LogP contribution in [-0.2, 0) is 66.6 Å². The van der Waals surface area contributed by atoms with Crippen LogP contribution in [-0.4, -0.2) is 100 Å². The van der Waals surface area contributed by atoms with Crippen molar-refractivity contribution in [3.63, 3.8) is 0 Å². The van der Waals surface area contributed by atoms with Gasteiger partial charge in [0.15, 0.2) is 0 Å². The number of benzene rings is 4. The van der Waals surface area contributed by atoms with Gasteiger partial charge in [-0.05, 0) is 168 Å². The quantitative estimate of drug-likeness (QED) is 0.0356. The van der Waals surface area contributed by atoms with Crippen molar-refractivity contribution >= 4 is 43.6 Å². The van der Waals surface area contributed by atoms with Crippen LogP contribution < -0.4 is 25.2 Å². The minimum absolute atomic E-state index is 0.0424. The maximum atomic E-state index is 14.8. The second-order valence-corrected chi connectivity index (χ2v) is 25.9. The molecule has 0 aliphatic heterocycles. The van der Waals surface area contributed by atoms with Crippen LogP contribution in [0, 0.1) is 11.6 Å². The summed E-state index contributed by atoms with van der Waals surface area (Å²) >= 11 is 0. The third kappa shape index (κ3) is 16.4. The molecule has 0 spiro atoms. The fourth-order valence-electron chi connectivity index (χ4n) is 9.52. The normalized spacial score (nSPS) is 12.0. The summed E-state index contributed by atoms with van der Waals surface area (Å²) in [4.78, 5) is 32.0. The first-order valence-corrected chi connectivity index (χ1v) is 30.3. The van der Waals surface area contributed by atoms with Gasteiger partial charge >= 0.3 is 11.9 Å². The monoisotopic (exact) mass is 1220 g/mol. The van der Waals surface area contributed by atoms with E-state index >= 15 is 0 Å². The molecule has 0 unspecified atom stereocenters. The Morgan fingerprint density at radius 2 is 1.00 bits per heavy atom. The van der Waals surface area contributed by atoms with E-state index in [2.05, 4.69) is 30.8 Å². The second kappa shape index (κ2) is 27.2. The van der Waals surface area contributed by atoms with Crippen LogP contribution in [0.3, 0.4) is 0 Å². The third-order valence-corrected chi connectivity index (χ3v) is 16.9. The summed E-state index contributed by atoms with van der Waals surface area (Å²) in [5, 5.41) is 39.3. The predicted molar refractivity (Wildman–Crippen MR) is 324 cm³/mol. The molecule has 4 aromatic carbocycles. The lowest BCUT2D eigenvalue weighted by atomic mass is 9.88. The fourth-order valence-corrected chi connectivity index (χ4v) is 11.3. The zero-order valence-corrected chi connectivity index (χ0v) is 51.2. The number of hydrogen-bond acceptors (Lipinski definition) is 14. The van der Waals surface area contributed by atoms with Crippen LogP contribution in [0.4, 0.5) is 20.4 Å². The van der Waals surface area contributed by atoms with Gasteiger partial charge in [-0.2, -0.15) is 14.5 Å². The third-order valence-electron chi connectivity index (χ3n) is 14.3. The standard InChI is InChI=1S/C39H44FN5O6S.C23H28FN5O4S/c1-26(2)34-18-30(40)19-35(36(34)20-38(46)47)29-15-16-41-37(17-29)42-25-39(3,4)45-24-33(21-43-45)52(48,49)44(22-27-7-11-31(50-5)12-8-27)23-28-9-13-32(51-6)14-10-28;1-14(2)18-8-16(24)9-19(20(18)10-22(30)31)15-5-6-26-21(7-15)27-13-23(3,4)29-12-17(11-28-29)34(25,32)33/h7-19,21,24,26H,20,22-23,25H2,1-6H3,(H,41,42)(H,46,47);5-9,11-12,14H,10,13H2,1-4H3,(H,26,27)(H,30,31)(H2,25,32,33). The highest BCUT2D eigenvalue weighted by Gasteiger charge is 2.31. The first-order chi connectivity index (χ1) is 40.5. The van der Waals surface area contributed by atoms with E-state index in [1.54, 1.807) is 79.8 Å². The van der Waals surface area contributed by atoms with E-state index in [1.165, 1.54) is 58.0 Å². The van der Waals surface area contributed by atoms with Crippen LogP contribution in [0.25, 0.3) is 22.3 Å². The summed E-state index contributed by atoms with van der Waals surface area (Å²) in [5.41, 5.74) is 4.86. The largest absolute Gasteiger partial charge is 0.497 e. The number of primary sulfonamides is 1. The van der Waals surface area contributed by atoms with Gasteiger partial charge in [0.1, 0.15) is 44.6 Å². The van der Waals surface area contributed by atoms with Gasteiger partial charge in [0.2, 0.25) is 20.0 Å². The first kappa shape index (κ1) is 65.0. The van der Waals surface area contributed by atoms with E-state index < -0.39 is 54.7 Å². The van der Waals surface area contributed by atoms with Gasteiger partial charge in [-0.15, -0.1) is 0 Å². The number of rotatable bonds is 25. The Bertz CT molecular complexity index is 3880. The molecule has 0 aliphatic rings. The number of ether oxygens (including phenoxy) is 2. The highest BCUT2D eigenvalue weighted by atomic mass is 32.2. The summed E-state index contributed by atoms with van der Waals surface area (Å²) in [6.45, 7) is 16.0. The Balaban J connectivity index is 0.000000269. The summed E-state index contributed by atoms with van der Waals surface area (Å²) in [6.07, 6.45) is 8.08. The number of aromatic nitrogens is 6. The maximum absolute atomic E-state index is 14.8. The Hall–Kier alpha value is -8.58. The number of nitrogens with one attached hydrogen (secondary N) is 2. The van der Waals surface area contributed by atoms with Gasteiger partial charge in [0, 0.05) is 51.0 Å². The van der Waals surface area contributed by atoms with Gasteiger partial charge < -0.3 is 30.3 Å². The smallest absolute Gasteiger partial charge is 0.307 e. The molecule has 8 rings (SSSR count). The fraction of sp³-hybridized carbons (Fsp3) is 0.323. The van der Waals surface area contributed by atoms with Crippen LogP contribution in [0.2, 0.25) is 0 Å². The molecule has 6 N–H and O–H groups in total. The number of nitrogens with two attached hydrogens (primary N) is 1. The number of carboxylic acid groups (broad SMARTS) is 2. The highest BCUT2D eigenvalue weighted by Crippen LogP contribution is 2.35. The molecule has 86 heavy (non-hydrogen) atoms. The van der Waals surface area contributed by atoms with Crippen molar-refractivity contribution in [3.05, 3.63) is 179 Å². The number of hydrogen-bond donors (Lipinski definition) is 5. The van der Waals surface area contributed by atoms with Crippen LogP contribution >= 0.6 is 0 Å². The molecule has 0 saturated heterocycles. The molecule has 456 valence electrons. The van der Waals surface area contributed by atoms with Gasteiger partial charge in [-0.1, -0.05) is 52.0 Å². The lowest BCUT2D eigenvalue weighted by Gasteiger charge is -2.26. The van der Waals surface area contributed by atoms with E-state index in [9.17, 15) is 45.4 Å². The molecule has 0 aliphatic carbocycles. The number of carbonyl (C=O) groups is 2. The van der Waals surface area contributed by atoms with E-state index in [4.69, 9.17) is 14.6 Å². The average molecular weight is 1220 g/mol. The van der Waals surface area contributed by atoms with Crippen molar-refractivity contribution < 1.29 is 54.9 Å². The molecule has 8 aromatic rings. The average Bonchev–Trinajstić information content (AvgIpc) is 1.47. The zero-order valence-electron chi connectivity index (χ0n) is 49.5. The summed E-state index contributed by atoms with van der Waals surface area (Å²) in [6, 6.07) is 26.9. The molecule has 4 aromatic heterocycles. The minimum atomic E-state index is -4.02. The molecule has 0 saturated carbocycles. The Morgan fingerprint density at radius 1 is 0.616 bits per heavy atom. The van der Waals surface area contributed by atoms with Crippen molar-refractivity contribution in [2.75, 3.05) is 37.9 Å². The second-order valence-electron chi connectivity index (χ2n) is 22.4. The molecule has 0 radical (unpaired) electrons. The number of sulfonamides is 2. The lowest BCUT2D eigenvalue weighted by molar-refractivity contribution is -0.137. The molecule has 4 heterocycles. The van der Waals surface area contributed by atoms with Crippen molar-refractivity contribution in [2.24, 2.45) is 5.14 Å². The number of methoxy groups -OCH3 is 2. The Kier molecular flexibility index (Phi) is 20.5. The van der Waals surface area contributed by atoms with Gasteiger partial charge in [0.25, 0.3) is 0 Å². The number of halogens is 2. The molecular weight excluding hydrogens is 1150 g/mol. The molecule has 0 fully saturated rings. The summed E-state index contributed by atoms with van der Waals surface area (Å²) < 4.78 is 95.7. The van der Waals surface area contributed by atoms with E-state index in [0.717, 1.165) is 11.1 Å². The molecule has 0 bridgehead atoms. The van der Waals surface area contributed by atoms with Gasteiger partial charge in [0.05, 0.1) is 50.5 Å². The van der Waals surface area contributed by atoms with Crippen LogP contribution in [0.15, 0.2) is 144 Å². The van der Waals surface area contributed by atoms with E-state index in [1.807, 2.05) is 79.7 Å². The van der Waals surface area contributed by atoms with Crippen molar-refractivity contribution in [2.45, 2.75) is 114 Å². The molecule has 0 atom stereocenters. The lowest BCUT2D eigenvalue weighted by Crippen LogP contribution is -2.35. The molecule has 24 heteroatoms. The van der Waals surface area contributed by atoms with Crippen molar-refractivity contribution in [1.82, 2.24) is 33.8 Å². The minimum Gasteiger partial charge on any atom is -0.497 e. The number of carboxylic acids is 2. The SMILES string of the molecule is CC(C)c1cc(F)cc(-c2ccnc(NCC(C)(C)n3cc(S(N)(=O)=O)cn3)c2)c1CC(=O)O.COc1ccc(CN(Cc2ccc(OC)cc2)S(=O)(=O)c2cnn(C(C)(C)CNc3cc(-c4cc(F)cc(C(C)C)c4CC(=O)O)ccn3)c2)cc1. The topological polar surface area (TPSA) is 276 Å². The van der Waals surface area contributed by atoms with E-state index in [0.29, 0.717) is 80.7 Å². The van der Waals surface area contributed by atoms with Gasteiger partial charge in [-0.25, -0.2) is 40.7 Å². The number of nitrogens with zero attached hydrogens (tertiary/aromatic N) is 7. The number of aliphatic carboxylic acids is 2. The van der Waals surface area contributed by atoms with Crippen LogP contribution in [0.1, 0.15) is 101 Å². The van der Waals surface area contributed by atoms with Crippen molar-refractivity contribution in [1.29, 1.82) is 0 Å². The molecule has 20 nitrogen and oxygen atoms in total. The van der Waals surface area contributed by atoms with Gasteiger partial charge in [-0.3, -0.25) is 19.0 Å². The Labute approximate surface area is 500 Å². The Morgan fingerprint density at radius 3 is 1.35 bits per heavy atom. The molecular formula is C62H72F2N10O10S2. The zero-order chi connectivity index (χ0) is 62.9. The summed E-state index contributed by atoms with van der Waals surface area (Å²) in [5.74, 6) is -0.719. The first-order valence-electron chi connectivity index (χ1n) is 27.4. The number of pyridine rings is 2.